The molecular weight excluding hydrogens is 704 g/mol. The fourth-order valence-electron chi connectivity index (χ4n) is 7.63. The second kappa shape index (κ2) is 14.4. The monoisotopic (exact) mass is 738 g/mol. The van der Waals surface area contributed by atoms with Crippen molar-refractivity contribution in [3.05, 3.63) is 217 Å². The van der Waals surface area contributed by atoms with Crippen molar-refractivity contribution in [1.29, 1.82) is 0 Å². The molecule has 1 heteroatoms. The third-order valence-corrected chi connectivity index (χ3v) is 11.1. The van der Waals surface area contributed by atoms with Crippen molar-refractivity contribution < 1.29 is 0 Å². The van der Waals surface area contributed by atoms with Crippen LogP contribution in [-0.4, -0.2) is 0 Å². The Morgan fingerprint density at radius 3 is 0.925 bits per heavy atom. The van der Waals surface area contributed by atoms with E-state index in [1.165, 1.54) is 92.1 Å². The molecule has 0 unspecified atom stereocenters. The first kappa shape index (κ1) is 32.6. The van der Waals surface area contributed by atoms with Gasteiger partial charge in [-0.1, -0.05) is 206 Å². The molecule has 0 saturated carbocycles. The molecule has 0 N–H and O–H groups in total. The quantitative estimate of drug-likeness (QED) is 0.158. The zero-order valence-electron chi connectivity index (χ0n) is 29.1. The molecular formula is C52H35Br. The van der Waals surface area contributed by atoms with Crippen LogP contribution in [0.15, 0.2) is 217 Å². The van der Waals surface area contributed by atoms with Gasteiger partial charge in [-0.15, -0.1) is 0 Å². The summed E-state index contributed by atoms with van der Waals surface area (Å²) < 4.78 is 1.17. The molecule has 250 valence electrons. The highest BCUT2D eigenvalue weighted by Gasteiger charge is 2.14. The maximum Gasteiger partial charge on any atom is 0.0332 e. The minimum Gasteiger partial charge on any atom is -0.0622 e. The number of benzene rings is 10. The molecule has 0 fully saturated rings. The Balaban J connectivity index is 0.000000141. The van der Waals surface area contributed by atoms with Crippen LogP contribution in [0.1, 0.15) is 0 Å². The lowest BCUT2D eigenvalue weighted by Gasteiger charge is -2.14. The first-order chi connectivity index (χ1) is 26.2. The zero-order valence-corrected chi connectivity index (χ0v) is 30.7. The maximum atomic E-state index is 3.83. The number of fused-ring (bicyclic) bond motifs is 4. The van der Waals surface area contributed by atoms with Crippen molar-refractivity contribution in [1.82, 2.24) is 0 Å². The fourth-order valence-corrected chi connectivity index (χ4v) is 8.32. The summed E-state index contributed by atoms with van der Waals surface area (Å²) in [5, 5.41) is 10.2. The van der Waals surface area contributed by atoms with Gasteiger partial charge in [-0.3, -0.25) is 0 Å². The third kappa shape index (κ3) is 6.31. The van der Waals surface area contributed by atoms with E-state index in [4.69, 9.17) is 0 Å². The van der Waals surface area contributed by atoms with Crippen molar-refractivity contribution in [2.75, 3.05) is 0 Å². The van der Waals surface area contributed by atoms with Gasteiger partial charge < -0.3 is 0 Å². The molecule has 0 aromatic heterocycles. The first-order valence-electron chi connectivity index (χ1n) is 18.0. The molecule has 0 heterocycles. The molecule has 0 amide bonds. The summed E-state index contributed by atoms with van der Waals surface area (Å²) in [5.41, 5.74) is 10.1. The van der Waals surface area contributed by atoms with Crippen LogP contribution < -0.4 is 0 Å². The lowest BCUT2D eigenvalue weighted by molar-refractivity contribution is 1.61. The van der Waals surface area contributed by atoms with Crippen molar-refractivity contribution in [2.45, 2.75) is 0 Å². The van der Waals surface area contributed by atoms with Gasteiger partial charge in [0, 0.05) is 4.47 Å². The van der Waals surface area contributed by atoms with Gasteiger partial charge in [-0.2, -0.15) is 0 Å². The second-order valence-corrected chi connectivity index (χ2v) is 14.2. The Kier molecular flexibility index (Phi) is 8.85. The van der Waals surface area contributed by atoms with E-state index in [1.54, 1.807) is 0 Å². The van der Waals surface area contributed by atoms with Gasteiger partial charge in [-0.05, 0) is 110 Å². The molecule has 0 aliphatic heterocycles. The molecule has 0 aliphatic rings. The predicted octanol–water partition coefficient (Wildman–Crippen LogP) is 15.4. The maximum absolute atomic E-state index is 3.83. The highest BCUT2D eigenvalue weighted by Crippen LogP contribution is 2.42. The minimum atomic E-state index is 1.17. The molecule has 10 aromatic rings. The molecule has 10 aromatic carbocycles. The van der Waals surface area contributed by atoms with E-state index in [2.05, 4.69) is 228 Å². The normalized spacial score (nSPS) is 11.1. The van der Waals surface area contributed by atoms with Crippen LogP contribution in [0.5, 0.6) is 0 Å². The van der Waals surface area contributed by atoms with Crippen LogP contribution in [-0.2, 0) is 0 Å². The number of hydrogen-bond acceptors (Lipinski definition) is 0. The first-order valence-corrected chi connectivity index (χ1v) is 18.8. The largest absolute Gasteiger partial charge is 0.0622 e. The van der Waals surface area contributed by atoms with E-state index in [1.807, 2.05) is 0 Å². The SMILES string of the molecule is Brc1c2ccccc2c(-c2ccc(-c3ccccc3)cc2)c2ccccc12.c1ccc(-c2ccc(-c3c4ccccc4cc4ccccc34)cc2)cc1. The molecule has 0 aliphatic carbocycles. The molecule has 53 heavy (non-hydrogen) atoms. The van der Waals surface area contributed by atoms with Crippen molar-refractivity contribution >= 4 is 59.0 Å². The second-order valence-electron chi connectivity index (χ2n) is 13.4. The average molecular weight is 740 g/mol. The van der Waals surface area contributed by atoms with Gasteiger partial charge in [-0.25, -0.2) is 0 Å². The van der Waals surface area contributed by atoms with Crippen LogP contribution in [0, 0.1) is 0 Å². The summed E-state index contributed by atoms with van der Waals surface area (Å²) >= 11 is 3.83. The number of rotatable bonds is 4. The van der Waals surface area contributed by atoms with Crippen molar-refractivity contribution in [3.63, 3.8) is 0 Å². The van der Waals surface area contributed by atoms with E-state index in [-0.39, 0.29) is 0 Å². The van der Waals surface area contributed by atoms with Gasteiger partial charge in [0.1, 0.15) is 0 Å². The van der Waals surface area contributed by atoms with Gasteiger partial charge >= 0.3 is 0 Å². The molecule has 0 bridgehead atoms. The van der Waals surface area contributed by atoms with Crippen molar-refractivity contribution in [2.24, 2.45) is 0 Å². The summed E-state index contributed by atoms with van der Waals surface area (Å²) in [4.78, 5) is 0. The lowest BCUT2D eigenvalue weighted by atomic mass is 9.91. The average Bonchev–Trinajstić information content (AvgIpc) is 3.24. The number of halogens is 1. The summed E-state index contributed by atoms with van der Waals surface area (Å²) in [6.45, 7) is 0. The Morgan fingerprint density at radius 1 is 0.226 bits per heavy atom. The smallest absolute Gasteiger partial charge is 0.0332 e. The van der Waals surface area contributed by atoms with Gasteiger partial charge in [0.15, 0.2) is 0 Å². The zero-order chi connectivity index (χ0) is 35.6. The predicted molar refractivity (Wildman–Crippen MR) is 232 cm³/mol. The van der Waals surface area contributed by atoms with Crippen LogP contribution in [0.3, 0.4) is 0 Å². The summed E-state index contributed by atoms with van der Waals surface area (Å²) in [5.74, 6) is 0. The molecule has 0 atom stereocenters. The Hall–Kier alpha value is -6.28. The van der Waals surface area contributed by atoms with Gasteiger partial charge in [0.05, 0.1) is 0 Å². The Labute approximate surface area is 318 Å². The van der Waals surface area contributed by atoms with Crippen LogP contribution in [0.25, 0.3) is 87.6 Å². The van der Waals surface area contributed by atoms with Gasteiger partial charge in [0.2, 0.25) is 0 Å². The Bertz CT molecular complexity index is 2740. The molecule has 0 radical (unpaired) electrons. The molecule has 0 saturated heterocycles. The van der Waals surface area contributed by atoms with E-state index in [0.29, 0.717) is 0 Å². The van der Waals surface area contributed by atoms with Crippen LogP contribution in [0.4, 0.5) is 0 Å². The Morgan fingerprint density at radius 2 is 0.509 bits per heavy atom. The topological polar surface area (TPSA) is 0 Å². The third-order valence-electron chi connectivity index (χ3n) is 10.2. The summed E-state index contributed by atoms with van der Waals surface area (Å²) in [6.07, 6.45) is 0. The molecule has 10 rings (SSSR count). The van der Waals surface area contributed by atoms with Crippen molar-refractivity contribution in [3.8, 4) is 44.5 Å². The van der Waals surface area contributed by atoms with Gasteiger partial charge in [0.25, 0.3) is 0 Å². The van der Waals surface area contributed by atoms with E-state index < -0.39 is 0 Å². The van der Waals surface area contributed by atoms with E-state index in [0.717, 1.165) is 0 Å². The highest BCUT2D eigenvalue weighted by atomic mass is 79.9. The van der Waals surface area contributed by atoms with E-state index in [9.17, 15) is 0 Å². The fraction of sp³-hybridized carbons (Fsp3) is 0. The summed E-state index contributed by atoms with van der Waals surface area (Å²) in [6, 6.07) is 75.8. The number of hydrogen-bond donors (Lipinski definition) is 0. The van der Waals surface area contributed by atoms with Crippen LogP contribution >= 0.6 is 15.9 Å². The van der Waals surface area contributed by atoms with Crippen LogP contribution in [0.2, 0.25) is 0 Å². The standard InChI is InChI=1S/C26H17Br.C26H18/c27-26-23-12-6-4-10-21(23)25(22-11-5-7-13-24(22)26)20-16-14-19(15-17-20)18-8-2-1-3-9-18;1-2-8-19(9-3-1)20-14-16-21(17-15-20)26-24-12-6-4-10-22(24)18-23-11-5-7-13-25(23)26/h1-17H;1-18H. The lowest BCUT2D eigenvalue weighted by Crippen LogP contribution is -1.87. The minimum absolute atomic E-state index is 1.17. The van der Waals surface area contributed by atoms with E-state index >= 15 is 0 Å². The molecule has 0 spiro atoms. The molecule has 0 nitrogen and oxygen atoms in total. The highest BCUT2D eigenvalue weighted by molar-refractivity contribution is 9.10. The summed E-state index contributed by atoms with van der Waals surface area (Å²) in [7, 11) is 0.